The first-order valence-electron chi connectivity index (χ1n) is 9.00. The Kier molecular flexibility index (Phi) is 7.07. The first-order valence-corrected chi connectivity index (χ1v) is 10.2. The maximum Gasteiger partial charge on any atom is 0.271 e. The number of nitrogens with zero attached hydrogens (tertiary/aromatic N) is 1. The zero-order valence-corrected chi connectivity index (χ0v) is 18.4. The highest BCUT2D eigenvalue weighted by Gasteiger charge is 2.06. The summed E-state index contributed by atoms with van der Waals surface area (Å²) < 4.78 is 6.68. The third-order valence-electron chi connectivity index (χ3n) is 4.28. The van der Waals surface area contributed by atoms with E-state index in [0.717, 1.165) is 26.9 Å². The smallest absolute Gasteiger partial charge is 0.271 e. The second kappa shape index (κ2) is 9.72. The van der Waals surface area contributed by atoms with E-state index in [1.54, 1.807) is 24.4 Å². The van der Waals surface area contributed by atoms with E-state index in [1.807, 2.05) is 37.3 Å². The van der Waals surface area contributed by atoms with Gasteiger partial charge in [-0.3, -0.25) is 4.79 Å². The van der Waals surface area contributed by atoms with Crippen molar-refractivity contribution >= 4 is 39.7 Å². The lowest BCUT2D eigenvalue weighted by molar-refractivity contribution is 0.0955. The lowest BCUT2D eigenvalue weighted by Crippen LogP contribution is -2.17. The van der Waals surface area contributed by atoms with Crippen LogP contribution in [-0.2, 0) is 6.61 Å². The van der Waals surface area contributed by atoms with Crippen molar-refractivity contribution in [1.82, 2.24) is 5.43 Å². The van der Waals surface area contributed by atoms with Crippen LogP contribution in [-0.4, -0.2) is 12.1 Å². The molecule has 1 amide bonds. The Balaban J connectivity index is 1.58. The van der Waals surface area contributed by atoms with Gasteiger partial charge in [-0.1, -0.05) is 47.5 Å². The summed E-state index contributed by atoms with van der Waals surface area (Å²) in [7, 11) is 0. The van der Waals surface area contributed by atoms with Gasteiger partial charge in [0.25, 0.3) is 5.91 Å². The maximum absolute atomic E-state index is 12.1. The molecule has 0 radical (unpaired) electrons. The number of nitrogens with one attached hydrogen (secondary N) is 1. The molecule has 0 aliphatic rings. The van der Waals surface area contributed by atoms with E-state index in [0.29, 0.717) is 17.2 Å². The average Bonchev–Trinajstić information content (AvgIpc) is 2.70. The molecular formula is C23H20BrClN2O2. The Bertz CT molecular complexity index is 1050. The summed E-state index contributed by atoms with van der Waals surface area (Å²) in [4.78, 5) is 12.1. The summed E-state index contributed by atoms with van der Waals surface area (Å²) in [5, 5.41) is 4.56. The number of hydrogen-bond donors (Lipinski definition) is 1. The normalized spacial score (nSPS) is 10.9. The second-order valence-electron chi connectivity index (χ2n) is 6.63. The molecule has 0 heterocycles. The van der Waals surface area contributed by atoms with E-state index >= 15 is 0 Å². The van der Waals surface area contributed by atoms with Crippen molar-refractivity contribution in [1.29, 1.82) is 0 Å². The monoisotopic (exact) mass is 470 g/mol. The molecule has 0 bridgehead atoms. The van der Waals surface area contributed by atoms with Gasteiger partial charge < -0.3 is 4.74 Å². The highest BCUT2D eigenvalue weighted by Crippen LogP contribution is 2.26. The Morgan fingerprint density at radius 1 is 1.10 bits per heavy atom. The lowest BCUT2D eigenvalue weighted by Gasteiger charge is -2.09. The van der Waals surface area contributed by atoms with E-state index in [-0.39, 0.29) is 5.91 Å². The van der Waals surface area contributed by atoms with Gasteiger partial charge in [0.05, 0.1) is 10.7 Å². The largest absolute Gasteiger partial charge is 0.488 e. The first-order chi connectivity index (χ1) is 13.9. The molecule has 3 rings (SSSR count). The fourth-order valence-electron chi connectivity index (χ4n) is 2.52. The number of amides is 1. The minimum atomic E-state index is -0.319. The van der Waals surface area contributed by atoms with Crippen LogP contribution in [0.25, 0.3) is 0 Å². The van der Waals surface area contributed by atoms with Crippen molar-refractivity contribution in [3.8, 4) is 5.75 Å². The molecule has 6 heteroatoms. The number of aryl methyl sites for hydroxylation is 2. The predicted molar refractivity (Wildman–Crippen MR) is 121 cm³/mol. The van der Waals surface area contributed by atoms with Gasteiger partial charge in [0.2, 0.25) is 0 Å². The highest BCUT2D eigenvalue weighted by molar-refractivity contribution is 9.10. The molecule has 29 heavy (non-hydrogen) atoms. The SMILES string of the molecule is Cc1ccc(COc2ccc(/C=N\NC(=O)c3ccc(C)c(Cl)c3)cc2Br)cc1. The van der Waals surface area contributed by atoms with E-state index in [1.165, 1.54) is 5.56 Å². The Labute approximate surface area is 183 Å². The summed E-state index contributed by atoms with van der Waals surface area (Å²) in [5.74, 6) is 0.418. The maximum atomic E-state index is 12.1. The zero-order chi connectivity index (χ0) is 20.8. The van der Waals surface area contributed by atoms with E-state index in [2.05, 4.69) is 45.5 Å². The summed E-state index contributed by atoms with van der Waals surface area (Å²) in [5.41, 5.74) is 7.02. The number of benzene rings is 3. The van der Waals surface area contributed by atoms with Crippen LogP contribution in [0, 0.1) is 13.8 Å². The topological polar surface area (TPSA) is 50.7 Å². The van der Waals surface area contributed by atoms with Crippen molar-refractivity contribution in [2.45, 2.75) is 20.5 Å². The molecule has 0 saturated heterocycles. The molecule has 0 aromatic heterocycles. The molecular weight excluding hydrogens is 452 g/mol. The van der Waals surface area contributed by atoms with E-state index in [9.17, 15) is 4.79 Å². The van der Waals surface area contributed by atoms with Gasteiger partial charge in [-0.15, -0.1) is 0 Å². The van der Waals surface area contributed by atoms with Crippen molar-refractivity contribution in [3.63, 3.8) is 0 Å². The standard InChI is InChI=1S/C23H20BrClN2O2/c1-15-3-6-17(7-4-15)14-29-22-10-8-18(11-20(22)24)13-26-27-23(28)19-9-5-16(2)21(25)12-19/h3-13H,14H2,1-2H3,(H,27,28)/b26-13-. The fourth-order valence-corrected chi connectivity index (χ4v) is 3.22. The van der Waals surface area contributed by atoms with Crippen LogP contribution in [0.5, 0.6) is 5.75 Å². The van der Waals surface area contributed by atoms with Crippen LogP contribution in [0.4, 0.5) is 0 Å². The molecule has 148 valence electrons. The third-order valence-corrected chi connectivity index (χ3v) is 5.31. The van der Waals surface area contributed by atoms with Crippen LogP contribution in [0.15, 0.2) is 70.2 Å². The molecule has 1 N–H and O–H groups in total. The summed E-state index contributed by atoms with van der Waals surface area (Å²) in [6.45, 7) is 4.43. The van der Waals surface area contributed by atoms with Crippen LogP contribution in [0.3, 0.4) is 0 Å². The molecule has 4 nitrogen and oxygen atoms in total. The summed E-state index contributed by atoms with van der Waals surface area (Å²) in [6.07, 6.45) is 1.57. The zero-order valence-electron chi connectivity index (χ0n) is 16.1. The Hall–Kier alpha value is -2.63. The number of hydrazone groups is 1. The number of hydrogen-bond acceptors (Lipinski definition) is 3. The van der Waals surface area contributed by atoms with Gasteiger partial charge in [0.1, 0.15) is 12.4 Å². The van der Waals surface area contributed by atoms with Gasteiger partial charge in [-0.25, -0.2) is 5.43 Å². The highest BCUT2D eigenvalue weighted by atomic mass is 79.9. The van der Waals surface area contributed by atoms with Crippen molar-refractivity contribution in [2.24, 2.45) is 5.10 Å². The first kappa shape index (κ1) is 21.1. The van der Waals surface area contributed by atoms with Gasteiger partial charge in [0, 0.05) is 10.6 Å². The van der Waals surface area contributed by atoms with Crippen molar-refractivity contribution < 1.29 is 9.53 Å². The van der Waals surface area contributed by atoms with Crippen LogP contribution < -0.4 is 10.2 Å². The lowest BCUT2D eigenvalue weighted by atomic mass is 10.1. The Morgan fingerprint density at radius 2 is 1.86 bits per heavy atom. The quantitative estimate of drug-likeness (QED) is 0.351. The molecule has 3 aromatic rings. The number of ether oxygens (including phenoxy) is 1. The predicted octanol–water partition coefficient (Wildman–Crippen LogP) is 6.06. The molecule has 0 aliphatic heterocycles. The number of carbonyl (C=O) groups is 1. The van der Waals surface area contributed by atoms with Crippen LogP contribution in [0.2, 0.25) is 5.02 Å². The second-order valence-corrected chi connectivity index (χ2v) is 7.89. The van der Waals surface area contributed by atoms with Gasteiger partial charge in [-0.2, -0.15) is 5.10 Å². The molecule has 0 atom stereocenters. The molecule has 3 aromatic carbocycles. The fraction of sp³-hybridized carbons (Fsp3) is 0.130. The molecule has 0 saturated carbocycles. The molecule has 0 fully saturated rings. The van der Waals surface area contributed by atoms with E-state index in [4.69, 9.17) is 16.3 Å². The summed E-state index contributed by atoms with van der Waals surface area (Å²) >= 11 is 9.57. The molecule has 0 spiro atoms. The van der Waals surface area contributed by atoms with Crippen LogP contribution in [0.1, 0.15) is 32.6 Å². The van der Waals surface area contributed by atoms with Crippen LogP contribution >= 0.6 is 27.5 Å². The molecule has 0 unspecified atom stereocenters. The molecule has 0 aliphatic carbocycles. The minimum absolute atomic E-state index is 0.319. The average molecular weight is 472 g/mol. The van der Waals surface area contributed by atoms with Crippen molar-refractivity contribution in [3.05, 3.63) is 98.0 Å². The number of halogens is 2. The number of rotatable bonds is 6. The van der Waals surface area contributed by atoms with Gasteiger partial charge >= 0.3 is 0 Å². The number of carbonyl (C=O) groups excluding carboxylic acids is 1. The van der Waals surface area contributed by atoms with Gasteiger partial charge in [0.15, 0.2) is 0 Å². The van der Waals surface area contributed by atoms with Crippen molar-refractivity contribution in [2.75, 3.05) is 0 Å². The Morgan fingerprint density at radius 3 is 2.55 bits per heavy atom. The minimum Gasteiger partial charge on any atom is -0.488 e. The van der Waals surface area contributed by atoms with Gasteiger partial charge in [-0.05, 0) is 76.8 Å². The third kappa shape index (κ3) is 5.92. The summed E-state index contributed by atoms with van der Waals surface area (Å²) in [6, 6.07) is 19.0. The van der Waals surface area contributed by atoms with E-state index < -0.39 is 0 Å².